The molecule has 1 aliphatic carbocycles. The predicted molar refractivity (Wildman–Crippen MR) is 46.8 cm³/mol. The van der Waals surface area contributed by atoms with E-state index >= 15 is 0 Å². The first-order chi connectivity index (χ1) is 4.84. The molecule has 0 radical (unpaired) electrons. The molecule has 0 aromatic carbocycles. The Balaban J connectivity index is 2.24. The fraction of sp³-hybridized carbons (Fsp3) is 1.00. The second kappa shape index (κ2) is 4.31. The summed E-state index contributed by atoms with van der Waals surface area (Å²) >= 11 is 0. The van der Waals surface area contributed by atoms with E-state index in [1.54, 1.807) is 0 Å². The van der Waals surface area contributed by atoms with E-state index in [-0.39, 0.29) is 7.92 Å². The second-order valence-corrected chi connectivity index (χ2v) is 5.72. The van der Waals surface area contributed by atoms with Crippen molar-refractivity contribution in [1.82, 2.24) is 0 Å². The number of rotatable bonds is 2. The van der Waals surface area contributed by atoms with Crippen molar-refractivity contribution >= 4 is 7.92 Å². The molecule has 1 rings (SSSR count). The Kier molecular flexibility index (Phi) is 3.65. The molecule has 60 valence electrons. The minimum Gasteiger partial charge on any atom is -0.392 e. The Morgan fingerprint density at radius 1 is 1.30 bits per heavy atom. The maximum Gasteiger partial charge on any atom is 0.0624 e. The van der Waals surface area contributed by atoms with Crippen molar-refractivity contribution in [1.29, 1.82) is 0 Å². The summed E-state index contributed by atoms with van der Waals surface area (Å²) in [5.74, 6) is 0. The van der Waals surface area contributed by atoms with Crippen molar-refractivity contribution < 1.29 is 5.11 Å². The summed E-state index contributed by atoms with van der Waals surface area (Å²) in [6.07, 6.45) is 7.42. The number of aliphatic hydroxyl groups excluding tert-OH is 1. The lowest BCUT2D eigenvalue weighted by molar-refractivity contribution is 0.366. The highest BCUT2D eigenvalue weighted by Crippen LogP contribution is 2.43. The first-order valence-corrected chi connectivity index (χ1v) is 6.20. The van der Waals surface area contributed by atoms with Gasteiger partial charge in [-0.1, -0.05) is 27.2 Å². The Morgan fingerprint density at radius 2 is 1.90 bits per heavy atom. The van der Waals surface area contributed by atoms with Crippen LogP contribution in [0.5, 0.6) is 0 Å². The molecule has 0 aromatic rings. The molecule has 1 fully saturated rings. The van der Waals surface area contributed by atoms with E-state index in [0.29, 0.717) is 6.35 Å². The molecule has 0 heterocycles. The van der Waals surface area contributed by atoms with Gasteiger partial charge in [-0.25, -0.2) is 0 Å². The van der Waals surface area contributed by atoms with Gasteiger partial charge in [-0.05, 0) is 25.2 Å². The Bertz CT molecular complexity index is 89.3. The van der Waals surface area contributed by atoms with Gasteiger partial charge in [-0.2, -0.15) is 0 Å². The van der Waals surface area contributed by atoms with E-state index in [4.69, 9.17) is 5.11 Å². The van der Waals surface area contributed by atoms with Gasteiger partial charge < -0.3 is 5.11 Å². The summed E-state index contributed by atoms with van der Waals surface area (Å²) < 4.78 is 0. The van der Waals surface area contributed by atoms with E-state index in [2.05, 4.69) is 6.66 Å². The van der Waals surface area contributed by atoms with Crippen LogP contribution in [-0.2, 0) is 0 Å². The van der Waals surface area contributed by atoms with Crippen LogP contribution in [0.2, 0.25) is 0 Å². The molecule has 0 aliphatic heterocycles. The highest BCUT2D eigenvalue weighted by Gasteiger charge is 2.18. The van der Waals surface area contributed by atoms with E-state index in [9.17, 15) is 0 Å². The van der Waals surface area contributed by atoms with Crippen LogP contribution in [0.4, 0.5) is 0 Å². The molecule has 2 heteroatoms. The normalized spacial score (nSPS) is 24.6. The van der Waals surface area contributed by atoms with Crippen molar-refractivity contribution in [3.8, 4) is 0 Å². The zero-order chi connectivity index (χ0) is 7.40. The van der Waals surface area contributed by atoms with E-state index in [0.717, 1.165) is 5.66 Å². The van der Waals surface area contributed by atoms with Crippen molar-refractivity contribution in [3.05, 3.63) is 0 Å². The number of aliphatic hydroxyl groups is 1. The van der Waals surface area contributed by atoms with Crippen LogP contribution < -0.4 is 0 Å². The molecule has 0 amide bonds. The molecule has 1 aliphatic rings. The average Bonchev–Trinajstić information content (AvgIpc) is 2.05. The molecular weight excluding hydrogens is 143 g/mol. The molecular formula is C8H17OP. The highest BCUT2D eigenvalue weighted by atomic mass is 31.1. The van der Waals surface area contributed by atoms with Gasteiger partial charge in [0.05, 0.1) is 6.35 Å². The lowest BCUT2D eigenvalue weighted by Gasteiger charge is -2.26. The third kappa shape index (κ3) is 2.21. The first-order valence-electron chi connectivity index (χ1n) is 4.15. The fourth-order valence-electron chi connectivity index (χ4n) is 1.64. The van der Waals surface area contributed by atoms with Crippen LogP contribution in [0.15, 0.2) is 0 Å². The standard InChI is InChI=1S/C8H17OP/c1-10(7-9)8-5-3-2-4-6-8/h8-9H,2-7H2,1H3/t10-/m1/s1. The Hall–Kier alpha value is 0.390. The van der Waals surface area contributed by atoms with Gasteiger partial charge in [0.2, 0.25) is 0 Å². The van der Waals surface area contributed by atoms with Crippen LogP contribution in [-0.4, -0.2) is 23.8 Å². The summed E-state index contributed by atoms with van der Waals surface area (Å²) in [7, 11) is -0.0410. The lowest BCUT2D eigenvalue weighted by atomic mass is 10.0. The summed E-state index contributed by atoms with van der Waals surface area (Å²) in [5.41, 5.74) is 0.883. The Labute approximate surface area is 64.6 Å². The largest absolute Gasteiger partial charge is 0.392 e. The third-order valence-electron chi connectivity index (χ3n) is 2.42. The van der Waals surface area contributed by atoms with Gasteiger partial charge in [0, 0.05) is 0 Å². The molecule has 0 saturated heterocycles. The van der Waals surface area contributed by atoms with Gasteiger partial charge in [0.15, 0.2) is 0 Å². The van der Waals surface area contributed by atoms with E-state index in [1.807, 2.05) is 0 Å². The topological polar surface area (TPSA) is 20.2 Å². The van der Waals surface area contributed by atoms with Gasteiger partial charge in [0.1, 0.15) is 0 Å². The van der Waals surface area contributed by atoms with E-state index in [1.165, 1.54) is 32.1 Å². The van der Waals surface area contributed by atoms with Crippen molar-refractivity contribution in [3.63, 3.8) is 0 Å². The average molecular weight is 160 g/mol. The molecule has 10 heavy (non-hydrogen) atoms. The highest BCUT2D eigenvalue weighted by molar-refractivity contribution is 7.57. The maximum absolute atomic E-state index is 8.92. The lowest BCUT2D eigenvalue weighted by Crippen LogP contribution is -2.11. The monoisotopic (exact) mass is 160 g/mol. The van der Waals surface area contributed by atoms with Crippen molar-refractivity contribution in [2.24, 2.45) is 0 Å². The molecule has 1 nitrogen and oxygen atoms in total. The van der Waals surface area contributed by atoms with Crippen LogP contribution in [0.3, 0.4) is 0 Å². The van der Waals surface area contributed by atoms with Crippen molar-refractivity contribution in [2.45, 2.75) is 37.8 Å². The Morgan fingerprint density at radius 3 is 2.40 bits per heavy atom. The molecule has 1 saturated carbocycles. The number of hydrogen-bond acceptors (Lipinski definition) is 1. The van der Waals surface area contributed by atoms with Crippen molar-refractivity contribution in [2.75, 3.05) is 13.0 Å². The summed E-state index contributed by atoms with van der Waals surface area (Å²) in [4.78, 5) is 0. The quantitative estimate of drug-likeness (QED) is 0.615. The van der Waals surface area contributed by atoms with Gasteiger partial charge in [-0.3, -0.25) is 0 Å². The van der Waals surface area contributed by atoms with Gasteiger partial charge in [0.25, 0.3) is 0 Å². The second-order valence-electron chi connectivity index (χ2n) is 3.19. The predicted octanol–water partition coefficient (Wildman–Crippen LogP) is 2.38. The maximum atomic E-state index is 8.92. The molecule has 0 spiro atoms. The van der Waals surface area contributed by atoms with Crippen LogP contribution in [0, 0.1) is 0 Å². The van der Waals surface area contributed by atoms with Gasteiger partial charge in [-0.15, -0.1) is 0 Å². The molecule has 0 unspecified atom stereocenters. The van der Waals surface area contributed by atoms with E-state index < -0.39 is 0 Å². The van der Waals surface area contributed by atoms with Gasteiger partial charge >= 0.3 is 0 Å². The summed E-state index contributed by atoms with van der Waals surface area (Å²) in [5, 5.41) is 8.92. The fourth-order valence-corrected chi connectivity index (χ4v) is 3.11. The zero-order valence-electron chi connectivity index (χ0n) is 6.71. The number of hydrogen-bond donors (Lipinski definition) is 1. The summed E-state index contributed by atoms with van der Waals surface area (Å²) in [6, 6.07) is 0. The van der Waals surface area contributed by atoms with Crippen LogP contribution in [0.1, 0.15) is 32.1 Å². The molecule has 1 atom stereocenters. The third-order valence-corrected chi connectivity index (χ3v) is 4.63. The first kappa shape index (κ1) is 8.49. The molecule has 0 aromatic heterocycles. The minimum atomic E-state index is -0.0410. The van der Waals surface area contributed by atoms with Crippen LogP contribution in [0.25, 0.3) is 0 Å². The molecule has 0 bridgehead atoms. The minimum absolute atomic E-state index is 0.0410. The van der Waals surface area contributed by atoms with Crippen LogP contribution >= 0.6 is 7.92 Å². The SMILES string of the molecule is C[P@](CO)C1CCCCC1. The summed E-state index contributed by atoms with van der Waals surface area (Å²) in [6.45, 7) is 2.23. The zero-order valence-corrected chi connectivity index (χ0v) is 7.61. The smallest absolute Gasteiger partial charge is 0.0624 e. The molecule has 1 N–H and O–H groups in total.